The van der Waals surface area contributed by atoms with Crippen LogP contribution in [0, 0.1) is 5.92 Å². The van der Waals surface area contributed by atoms with Gasteiger partial charge in [0.15, 0.2) is 0 Å². The van der Waals surface area contributed by atoms with Gasteiger partial charge in [-0.25, -0.2) is 4.79 Å². The molecule has 30 heavy (non-hydrogen) atoms. The van der Waals surface area contributed by atoms with E-state index in [9.17, 15) is 14.4 Å². The number of carbonyl (C=O) groups excluding carboxylic acids is 3. The molecule has 3 amide bonds. The lowest BCUT2D eigenvalue weighted by Crippen LogP contribution is -2.39. The molecule has 1 aliphatic carbocycles. The van der Waals surface area contributed by atoms with Crippen LogP contribution in [0.4, 0.5) is 10.5 Å². The fourth-order valence-electron chi connectivity index (χ4n) is 3.47. The predicted octanol–water partition coefficient (Wildman–Crippen LogP) is 4.13. The van der Waals surface area contributed by atoms with Crippen molar-refractivity contribution in [3.63, 3.8) is 0 Å². The van der Waals surface area contributed by atoms with Crippen molar-refractivity contribution >= 4 is 23.6 Å². The van der Waals surface area contributed by atoms with Gasteiger partial charge in [0.05, 0.1) is 0 Å². The quantitative estimate of drug-likeness (QED) is 0.593. The van der Waals surface area contributed by atoms with E-state index in [4.69, 9.17) is 4.74 Å². The van der Waals surface area contributed by atoms with Gasteiger partial charge < -0.3 is 20.7 Å². The number of anilines is 1. The molecule has 1 fully saturated rings. The Morgan fingerprint density at radius 2 is 1.63 bits per heavy atom. The molecule has 0 bridgehead atoms. The highest BCUT2D eigenvalue weighted by molar-refractivity contribution is 5.90. The number of hydrogen-bond donors (Lipinski definition) is 3. The Balaban J connectivity index is 1.65. The van der Waals surface area contributed by atoms with Gasteiger partial charge in [-0.15, -0.1) is 0 Å². The molecule has 0 spiro atoms. The maximum atomic E-state index is 12.2. The molecule has 0 unspecified atom stereocenters. The third-order valence-corrected chi connectivity index (χ3v) is 5.02. The summed E-state index contributed by atoms with van der Waals surface area (Å²) in [7, 11) is 0. The molecule has 0 radical (unpaired) electrons. The minimum absolute atomic E-state index is 0.0508. The molecular weight excluding hydrogens is 382 g/mol. The zero-order chi connectivity index (χ0) is 22.0. The van der Waals surface area contributed by atoms with E-state index >= 15 is 0 Å². The molecule has 0 atom stereocenters. The maximum Gasteiger partial charge on any atom is 0.408 e. The highest BCUT2D eigenvalue weighted by atomic mass is 16.6. The molecule has 7 nitrogen and oxygen atoms in total. The van der Waals surface area contributed by atoms with Crippen molar-refractivity contribution < 1.29 is 19.1 Å². The maximum absolute atomic E-state index is 12.2. The molecule has 2 rings (SSSR count). The van der Waals surface area contributed by atoms with Crippen molar-refractivity contribution in [2.24, 2.45) is 5.92 Å². The van der Waals surface area contributed by atoms with E-state index < -0.39 is 11.7 Å². The van der Waals surface area contributed by atoms with Crippen molar-refractivity contribution in [3.05, 3.63) is 29.8 Å². The number of ether oxygens (including phenoxy) is 1. The fourth-order valence-corrected chi connectivity index (χ4v) is 3.47. The van der Waals surface area contributed by atoms with Gasteiger partial charge >= 0.3 is 6.09 Å². The minimum atomic E-state index is -0.624. The molecular formula is C23H35N3O4. The summed E-state index contributed by atoms with van der Waals surface area (Å²) in [6.07, 6.45) is 7.32. The minimum Gasteiger partial charge on any atom is -0.444 e. The molecule has 7 heteroatoms. The van der Waals surface area contributed by atoms with Gasteiger partial charge in [-0.3, -0.25) is 9.59 Å². The van der Waals surface area contributed by atoms with Crippen LogP contribution in [0.2, 0.25) is 0 Å². The van der Waals surface area contributed by atoms with Crippen LogP contribution in [0.5, 0.6) is 0 Å². The first-order valence-corrected chi connectivity index (χ1v) is 10.8. The van der Waals surface area contributed by atoms with Crippen LogP contribution in [-0.4, -0.2) is 30.1 Å². The van der Waals surface area contributed by atoms with Gasteiger partial charge in [0, 0.05) is 18.7 Å². The molecule has 1 aromatic rings. The molecule has 0 saturated heterocycles. The van der Waals surface area contributed by atoms with Crippen LogP contribution in [0.25, 0.3) is 0 Å². The van der Waals surface area contributed by atoms with Gasteiger partial charge in [0.2, 0.25) is 11.8 Å². The summed E-state index contributed by atoms with van der Waals surface area (Å²) in [4.78, 5) is 35.6. The standard InChI is InChI=1S/C23H35N3O4/c1-23(2,3)30-22(29)25-16-21(28)24-15-18-9-12-19(13-10-18)26-20(27)14-11-17-7-5-4-6-8-17/h9-10,12-13,17H,4-8,11,14-16H2,1-3H3,(H,24,28)(H,25,29)(H,26,27). The van der Waals surface area contributed by atoms with E-state index in [2.05, 4.69) is 16.0 Å². The number of hydrogen-bond acceptors (Lipinski definition) is 4. The fraction of sp³-hybridized carbons (Fsp3) is 0.609. The van der Waals surface area contributed by atoms with Crippen LogP contribution in [-0.2, 0) is 20.9 Å². The smallest absolute Gasteiger partial charge is 0.408 e. The Morgan fingerprint density at radius 1 is 0.967 bits per heavy atom. The van der Waals surface area contributed by atoms with Gasteiger partial charge in [-0.05, 0) is 50.8 Å². The van der Waals surface area contributed by atoms with Gasteiger partial charge in [0.1, 0.15) is 12.1 Å². The number of amides is 3. The first-order chi connectivity index (χ1) is 14.2. The molecule has 1 saturated carbocycles. The summed E-state index contributed by atoms with van der Waals surface area (Å²) >= 11 is 0. The number of benzene rings is 1. The van der Waals surface area contributed by atoms with E-state index in [0.29, 0.717) is 18.9 Å². The van der Waals surface area contributed by atoms with Gasteiger partial charge in [-0.2, -0.15) is 0 Å². The van der Waals surface area contributed by atoms with Crippen molar-refractivity contribution in [1.29, 1.82) is 0 Å². The Kier molecular flexibility index (Phi) is 9.15. The molecule has 0 aliphatic heterocycles. The van der Waals surface area contributed by atoms with Crippen molar-refractivity contribution in [2.75, 3.05) is 11.9 Å². The Morgan fingerprint density at radius 3 is 2.27 bits per heavy atom. The average molecular weight is 418 g/mol. The van der Waals surface area contributed by atoms with E-state index in [1.165, 1.54) is 32.1 Å². The third kappa shape index (κ3) is 9.76. The van der Waals surface area contributed by atoms with Gasteiger partial charge in [-0.1, -0.05) is 44.2 Å². The van der Waals surface area contributed by atoms with Crippen LogP contribution in [0.1, 0.15) is 71.3 Å². The molecule has 166 valence electrons. The van der Waals surface area contributed by atoms with Crippen molar-refractivity contribution in [1.82, 2.24) is 10.6 Å². The highest BCUT2D eigenvalue weighted by Crippen LogP contribution is 2.27. The molecule has 0 heterocycles. The Bertz CT molecular complexity index is 704. The Hall–Kier alpha value is -2.57. The lowest BCUT2D eigenvalue weighted by Gasteiger charge is -2.21. The molecule has 1 aliphatic rings. The molecule has 0 aromatic heterocycles. The lowest BCUT2D eigenvalue weighted by molar-refractivity contribution is -0.120. The second-order valence-corrected chi connectivity index (χ2v) is 8.92. The van der Waals surface area contributed by atoms with Crippen LogP contribution in [0.3, 0.4) is 0 Å². The monoisotopic (exact) mass is 417 g/mol. The number of alkyl carbamates (subject to hydrolysis) is 1. The van der Waals surface area contributed by atoms with Gasteiger partial charge in [0.25, 0.3) is 0 Å². The highest BCUT2D eigenvalue weighted by Gasteiger charge is 2.17. The lowest BCUT2D eigenvalue weighted by atomic mass is 9.86. The van der Waals surface area contributed by atoms with E-state index in [1.807, 2.05) is 24.3 Å². The van der Waals surface area contributed by atoms with E-state index in [0.717, 1.165) is 17.7 Å². The summed E-state index contributed by atoms with van der Waals surface area (Å²) in [6, 6.07) is 7.38. The molecule has 3 N–H and O–H groups in total. The van der Waals surface area contributed by atoms with E-state index in [1.54, 1.807) is 20.8 Å². The normalized spacial score (nSPS) is 14.6. The zero-order valence-corrected chi connectivity index (χ0v) is 18.4. The summed E-state index contributed by atoms with van der Waals surface area (Å²) in [5.74, 6) is 0.441. The van der Waals surface area contributed by atoms with Crippen molar-refractivity contribution in [2.45, 2.75) is 77.9 Å². The second kappa shape index (κ2) is 11.6. The van der Waals surface area contributed by atoms with Crippen molar-refractivity contribution in [3.8, 4) is 0 Å². The predicted molar refractivity (Wildman–Crippen MR) is 117 cm³/mol. The van der Waals surface area contributed by atoms with E-state index in [-0.39, 0.29) is 18.4 Å². The number of carbonyl (C=O) groups is 3. The summed E-state index contributed by atoms with van der Waals surface area (Å²) in [6.45, 7) is 5.47. The summed E-state index contributed by atoms with van der Waals surface area (Å²) < 4.78 is 5.08. The summed E-state index contributed by atoms with van der Waals surface area (Å²) in [5.41, 5.74) is 1.05. The molecule has 1 aromatic carbocycles. The first kappa shape index (κ1) is 23.7. The second-order valence-electron chi connectivity index (χ2n) is 8.92. The SMILES string of the molecule is CC(C)(C)OC(=O)NCC(=O)NCc1ccc(NC(=O)CCC2CCCCC2)cc1. The topological polar surface area (TPSA) is 96.5 Å². The van der Waals surface area contributed by atoms with Crippen LogP contribution in [0.15, 0.2) is 24.3 Å². The number of nitrogens with one attached hydrogen (secondary N) is 3. The zero-order valence-electron chi connectivity index (χ0n) is 18.4. The Labute approximate surface area is 179 Å². The third-order valence-electron chi connectivity index (χ3n) is 5.02. The largest absolute Gasteiger partial charge is 0.444 e. The first-order valence-electron chi connectivity index (χ1n) is 10.8. The average Bonchev–Trinajstić information content (AvgIpc) is 2.70. The summed E-state index contributed by atoms with van der Waals surface area (Å²) in [5, 5.41) is 8.10. The number of rotatable bonds is 8. The van der Waals surface area contributed by atoms with Crippen LogP contribution >= 0.6 is 0 Å². The van der Waals surface area contributed by atoms with Crippen LogP contribution < -0.4 is 16.0 Å².